The summed E-state index contributed by atoms with van der Waals surface area (Å²) < 4.78 is 7.47. The van der Waals surface area contributed by atoms with E-state index in [-0.39, 0.29) is 24.4 Å². The van der Waals surface area contributed by atoms with E-state index in [1.165, 1.54) is 5.56 Å². The Labute approximate surface area is 149 Å². The Kier molecular flexibility index (Phi) is 7.74. The highest BCUT2D eigenvalue weighted by Gasteiger charge is 2.20. The smallest absolute Gasteiger partial charge is 0.241 e. The number of ether oxygens (including phenoxy) is 1. The molecule has 1 heterocycles. The highest BCUT2D eigenvalue weighted by molar-refractivity contribution is 5.85. The van der Waals surface area contributed by atoms with Crippen molar-refractivity contribution in [2.24, 2.45) is 7.05 Å². The summed E-state index contributed by atoms with van der Waals surface area (Å²) in [6.07, 6.45) is 3.40. The average Bonchev–Trinajstić information content (AvgIpc) is 2.94. The number of rotatable bonds is 7. The Morgan fingerprint density at radius 1 is 1.33 bits per heavy atom. The van der Waals surface area contributed by atoms with E-state index < -0.39 is 6.04 Å². The van der Waals surface area contributed by atoms with Crippen LogP contribution in [0.5, 0.6) is 5.75 Å². The van der Waals surface area contributed by atoms with Crippen molar-refractivity contribution in [3.05, 3.63) is 47.8 Å². The Morgan fingerprint density at radius 2 is 2.00 bits per heavy atom. The second-order valence-corrected chi connectivity index (χ2v) is 5.66. The van der Waals surface area contributed by atoms with Crippen molar-refractivity contribution >= 4 is 18.3 Å². The molecule has 0 saturated carbocycles. The minimum absolute atomic E-state index is 0. The third-order valence-electron chi connectivity index (χ3n) is 3.53. The van der Waals surface area contributed by atoms with E-state index in [0.717, 1.165) is 11.3 Å². The molecule has 0 aliphatic heterocycles. The molecule has 2 atom stereocenters. The lowest BCUT2D eigenvalue weighted by Gasteiger charge is -2.18. The van der Waals surface area contributed by atoms with Crippen molar-refractivity contribution in [2.75, 3.05) is 13.6 Å². The van der Waals surface area contributed by atoms with Gasteiger partial charge in [-0.15, -0.1) is 12.4 Å². The molecule has 0 radical (unpaired) electrons. The number of carbonyl (C=O) groups is 1. The number of nitrogens with one attached hydrogen (secondary N) is 2. The van der Waals surface area contributed by atoms with Crippen molar-refractivity contribution < 1.29 is 9.53 Å². The molecule has 2 unspecified atom stereocenters. The van der Waals surface area contributed by atoms with Crippen LogP contribution in [-0.4, -0.2) is 35.4 Å². The number of hydrogen-bond donors (Lipinski definition) is 2. The molecule has 2 N–H and O–H groups in total. The predicted octanol–water partition coefficient (Wildman–Crippen LogP) is 1.99. The van der Waals surface area contributed by atoms with Gasteiger partial charge in [0.2, 0.25) is 5.91 Å². The average molecular weight is 353 g/mol. The number of likely N-dealkylation sites (N-methyl/N-ethyl adjacent to an activating group) is 1. The first-order valence-corrected chi connectivity index (χ1v) is 7.66. The normalized spacial score (nSPS) is 12.8. The molecule has 6 nitrogen and oxygen atoms in total. The summed E-state index contributed by atoms with van der Waals surface area (Å²) in [5, 5.41) is 10.0. The quantitative estimate of drug-likeness (QED) is 0.799. The second-order valence-electron chi connectivity index (χ2n) is 5.66. The number of halogens is 1. The highest BCUT2D eigenvalue weighted by Crippen LogP contribution is 2.14. The van der Waals surface area contributed by atoms with Crippen LogP contribution >= 0.6 is 12.4 Å². The van der Waals surface area contributed by atoms with E-state index in [4.69, 9.17) is 4.74 Å². The minimum atomic E-state index is -0.421. The number of benzene rings is 1. The molecule has 0 spiro atoms. The summed E-state index contributed by atoms with van der Waals surface area (Å²) >= 11 is 0. The Hall–Kier alpha value is -2.05. The fourth-order valence-corrected chi connectivity index (χ4v) is 2.28. The molecule has 0 saturated heterocycles. The van der Waals surface area contributed by atoms with Crippen LogP contribution in [0.15, 0.2) is 36.7 Å². The van der Waals surface area contributed by atoms with Crippen LogP contribution in [0.4, 0.5) is 0 Å². The van der Waals surface area contributed by atoms with E-state index in [9.17, 15) is 4.79 Å². The maximum Gasteiger partial charge on any atom is 0.241 e. The highest BCUT2D eigenvalue weighted by atomic mass is 35.5. The number of aromatic nitrogens is 2. The standard InChI is InChI=1S/C17H24N4O2.ClH/c1-12-5-7-15(8-6-12)23-13(2)9-19-17(22)16(18-3)14-10-20-21(4)11-14;/h5-8,10-11,13,16,18H,9H2,1-4H3,(H,19,22);1H. The molecule has 24 heavy (non-hydrogen) atoms. The van der Waals surface area contributed by atoms with Crippen molar-refractivity contribution in [3.8, 4) is 5.75 Å². The van der Waals surface area contributed by atoms with E-state index in [0.29, 0.717) is 6.54 Å². The molecule has 0 fully saturated rings. The van der Waals surface area contributed by atoms with Crippen molar-refractivity contribution in [1.29, 1.82) is 0 Å². The van der Waals surface area contributed by atoms with Gasteiger partial charge in [-0.25, -0.2) is 0 Å². The molecule has 1 amide bonds. The van der Waals surface area contributed by atoms with E-state index in [1.807, 2.05) is 51.4 Å². The zero-order chi connectivity index (χ0) is 16.8. The Balaban J connectivity index is 0.00000288. The zero-order valence-corrected chi connectivity index (χ0v) is 15.3. The summed E-state index contributed by atoms with van der Waals surface area (Å²) in [6.45, 7) is 4.40. The second kappa shape index (κ2) is 9.30. The van der Waals surface area contributed by atoms with Gasteiger partial charge in [-0.1, -0.05) is 17.7 Å². The molecule has 0 aliphatic rings. The molecule has 1 aromatic carbocycles. The molecule has 2 rings (SSSR count). The molecule has 0 bridgehead atoms. The lowest BCUT2D eigenvalue weighted by Crippen LogP contribution is -2.40. The zero-order valence-electron chi connectivity index (χ0n) is 14.4. The minimum Gasteiger partial charge on any atom is -0.489 e. The first-order chi connectivity index (χ1) is 11.0. The number of aryl methyl sites for hydroxylation is 2. The Bertz CT molecular complexity index is 642. The van der Waals surface area contributed by atoms with Crippen LogP contribution in [-0.2, 0) is 11.8 Å². The van der Waals surface area contributed by atoms with Crippen LogP contribution in [0, 0.1) is 6.92 Å². The first kappa shape index (κ1) is 20.0. The molecular weight excluding hydrogens is 328 g/mol. The number of hydrogen-bond acceptors (Lipinski definition) is 4. The summed E-state index contributed by atoms with van der Waals surface area (Å²) in [5.74, 6) is 0.703. The molecule has 0 aliphatic carbocycles. The van der Waals surface area contributed by atoms with Crippen LogP contribution in [0.2, 0.25) is 0 Å². The van der Waals surface area contributed by atoms with Crippen molar-refractivity contribution in [1.82, 2.24) is 20.4 Å². The summed E-state index contributed by atoms with van der Waals surface area (Å²) in [7, 11) is 3.58. The Morgan fingerprint density at radius 3 is 2.54 bits per heavy atom. The van der Waals surface area contributed by atoms with Gasteiger partial charge in [0, 0.05) is 18.8 Å². The van der Waals surface area contributed by atoms with Gasteiger partial charge >= 0.3 is 0 Å². The van der Waals surface area contributed by atoms with Gasteiger partial charge in [0.1, 0.15) is 17.9 Å². The van der Waals surface area contributed by atoms with Gasteiger partial charge in [0.05, 0.1) is 12.7 Å². The van der Waals surface area contributed by atoms with Gasteiger partial charge in [0.15, 0.2) is 0 Å². The van der Waals surface area contributed by atoms with Crippen LogP contribution in [0.1, 0.15) is 24.1 Å². The lowest BCUT2D eigenvalue weighted by molar-refractivity contribution is -0.123. The summed E-state index contributed by atoms with van der Waals surface area (Å²) in [5.41, 5.74) is 2.02. The van der Waals surface area contributed by atoms with Crippen molar-refractivity contribution in [3.63, 3.8) is 0 Å². The SMILES string of the molecule is CNC(C(=O)NCC(C)Oc1ccc(C)cc1)c1cnn(C)c1.Cl. The van der Waals surface area contributed by atoms with E-state index >= 15 is 0 Å². The van der Waals surface area contributed by atoms with Gasteiger partial charge in [-0.2, -0.15) is 5.10 Å². The monoisotopic (exact) mass is 352 g/mol. The van der Waals surface area contributed by atoms with Gasteiger partial charge < -0.3 is 15.4 Å². The van der Waals surface area contributed by atoms with Crippen LogP contribution in [0.25, 0.3) is 0 Å². The third-order valence-corrected chi connectivity index (χ3v) is 3.53. The van der Waals surface area contributed by atoms with Crippen LogP contribution < -0.4 is 15.4 Å². The number of carbonyl (C=O) groups excluding carboxylic acids is 1. The largest absolute Gasteiger partial charge is 0.489 e. The number of nitrogens with zero attached hydrogens (tertiary/aromatic N) is 2. The van der Waals surface area contributed by atoms with E-state index in [1.54, 1.807) is 17.9 Å². The molecule has 2 aromatic rings. The molecular formula is C17H25ClN4O2. The van der Waals surface area contributed by atoms with Gasteiger partial charge in [0.25, 0.3) is 0 Å². The fraction of sp³-hybridized carbons (Fsp3) is 0.412. The van der Waals surface area contributed by atoms with E-state index in [2.05, 4.69) is 15.7 Å². The van der Waals surface area contributed by atoms with Gasteiger partial charge in [-0.05, 0) is 33.0 Å². The summed E-state index contributed by atoms with van der Waals surface area (Å²) in [6, 6.07) is 7.44. The molecule has 7 heteroatoms. The maximum atomic E-state index is 12.3. The van der Waals surface area contributed by atoms with Gasteiger partial charge in [-0.3, -0.25) is 9.48 Å². The van der Waals surface area contributed by atoms with Crippen molar-refractivity contribution in [2.45, 2.75) is 26.0 Å². The lowest BCUT2D eigenvalue weighted by atomic mass is 10.1. The number of amides is 1. The first-order valence-electron chi connectivity index (χ1n) is 7.66. The maximum absolute atomic E-state index is 12.3. The fourth-order valence-electron chi connectivity index (χ4n) is 2.28. The third kappa shape index (κ3) is 5.54. The molecule has 1 aromatic heterocycles. The topological polar surface area (TPSA) is 68.2 Å². The predicted molar refractivity (Wildman–Crippen MR) is 96.5 cm³/mol. The summed E-state index contributed by atoms with van der Waals surface area (Å²) in [4.78, 5) is 12.3. The van der Waals surface area contributed by atoms with Crippen LogP contribution in [0.3, 0.4) is 0 Å². The molecule has 132 valence electrons.